The average molecular weight is 314 g/mol. The van der Waals surface area contributed by atoms with Crippen molar-refractivity contribution < 1.29 is 23.1 Å². The summed E-state index contributed by atoms with van der Waals surface area (Å²) in [6, 6.07) is 2.05. The van der Waals surface area contributed by atoms with Gasteiger partial charge < -0.3 is 10.0 Å². The highest BCUT2D eigenvalue weighted by Crippen LogP contribution is 2.09. The van der Waals surface area contributed by atoms with Gasteiger partial charge in [-0.05, 0) is 19.1 Å². The highest BCUT2D eigenvalue weighted by atomic mass is 32.2. The van der Waals surface area contributed by atoms with Crippen LogP contribution in [0.15, 0.2) is 18.3 Å². The molecule has 1 atom stereocenters. The van der Waals surface area contributed by atoms with Crippen LogP contribution in [0.25, 0.3) is 0 Å². The summed E-state index contributed by atoms with van der Waals surface area (Å²) in [5.41, 5.74) is -0.0753. The number of nitrogens with zero attached hydrogens (tertiary/aromatic N) is 2. The average Bonchev–Trinajstić information content (AvgIpc) is 2.45. The first-order chi connectivity index (χ1) is 9.68. The Labute approximate surface area is 123 Å². The molecule has 1 amide bonds. The summed E-state index contributed by atoms with van der Waals surface area (Å²) in [6.45, 7) is 3.18. The fraction of sp³-hybridized carbons (Fsp3) is 0.462. The van der Waals surface area contributed by atoms with Crippen molar-refractivity contribution in [2.24, 2.45) is 0 Å². The third-order valence-corrected chi connectivity index (χ3v) is 5.01. The number of carbonyl (C=O) groups excluding carboxylic acids is 1. The van der Waals surface area contributed by atoms with Crippen LogP contribution in [0.1, 0.15) is 34.7 Å². The molecule has 1 rings (SSSR count). The summed E-state index contributed by atoms with van der Waals surface area (Å²) in [5, 5.41) is 8.86. The van der Waals surface area contributed by atoms with E-state index in [1.807, 2.05) is 0 Å². The van der Waals surface area contributed by atoms with E-state index in [4.69, 9.17) is 5.11 Å². The van der Waals surface area contributed by atoms with Gasteiger partial charge >= 0.3 is 5.97 Å². The molecule has 0 fully saturated rings. The number of carboxylic acids is 1. The molecule has 0 saturated carbocycles. The van der Waals surface area contributed by atoms with E-state index in [0.29, 0.717) is 0 Å². The molecule has 1 N–H and O–H groups in total. The number of aromatic nitrogens is 1. The summed E-state index contributed by atoms with van der Waals surface area (Å²) < 4.78 is 23.2. The second-order valence-corrected chi connectivity index (χ2v) is 7.10. The van der Waals surface area contributed by atoms with Crippen LogP contribution in [0.5, 0.6) is 0 Å². The van der Waals surface area contributed by atoms with Gasteiger partial charge in [0, 0.05) is 30.6 Å². The van der Waals surface area contributed by atoms with Gasteiger partial charge in [-0.3, -0.25) is 4.79 Å². The predicted molar refractivity (Wildman–Crippen MR) is 77.1 cm³/mol. The third-order valence-electron chi connectivity index (χ3n) is 3.14. The number of aromatic carboxylic acids is 1. The van der Waals surface area contributed by atoms with Gasteiger partial charge in [0.25, 0.3) is 5.91 Å². The molecule has 0 spiro atoms. The molecule has 8 heteroatoms. The molecule has 116 valence electrons. The van der Waals surface area contributed by atoms with Gasteiger partial charge in [-0.2, -0.15) is 0 Å². The number of pyridine rings is 1. The Morgan fingerprint density at radius 1 is 1.43 bits per heavy atom. The van der Waals surface area contributed by atoms with E-state index in [-0.39, 0.29) is 22.8 Å². The lowest BCUT2D eigenvalue weighted by atomic mass is 10.2. The Morgan fingerprint density at radius 2 is 2.05 bits per heavy atom. The quantitative estimate of drug-likeness (QED) is 0.827. The molecule has 1 unspecified atom stereocenters. The Bertz CT molecular complexity index is 642. The van der Waals surface area contributed by atoms with E-state index < -0.39 is 27.8 Å². The molecule has 0 aliphatic carbocycles. The molecule has 1 aromatic rings. The summed E-state index contributed by atoms with van der Waals surface area (Å²) >= 11 is 0. The lowest BCUT2D eigenvalue weighted by molar-refractivity contribution is 0.0690. The smallest absolute Gasteiger partial charge is 0.354 e. The summed E-state index contributed by atoms with van der Waals surface area (Å²) in [6.07, 6.45) is 1.23. The van der Waals surface area contributed by atoms with Crippen molar-refractivity contribution in [3.63, 3.8) is 0 Å². The lowest BCUT2D eigenvalue weighted by Crippen LogP contribution is -2.39. The Morgan fingerprint density at radius 3 is 2.57 bits per heavy atom. The number of rotatable bonds is 6. The predicted octanol–water partition coefficient (Wildman–Crippen LogP) is 0.675. The first-order valence-electron chi connectivity index (χ1n) is 6.35. The van der Waals surface area contributed by atoms with E-state index in [1.165, 1.54) is 30.3 Å². The zero-order valence-corrected chi connectivity index (χ0v) is 12.9. The first-order valence-corrected chi connectivity index (χ1v) is 8.17. The van der Waals surface area contributed by atoms with Gasteiger partial charge in [0.1, 0.15) is 5.69 Å². The maximum Gasteiger partial charge on any atom is 0.354 e. The minimum absolute atomic E-state index is 0.0117. The fourth-order valence-electron chi connectivity index (χ4n) is 1.68. The Kier molecular flexibility index (Phi) is 5.42. The Hall–Kier alpha value is -1.96. The van der Waals surface area contributed by atoms with Crippen LogP contribution < -0.4 is 0 Å². The number of carbonyl (C=O) groups is 2. The van der Waals surface area contributed by atoms with E-state index in [1.54, 1.807) is 13.8 Å². The molecule has 0 saturated heterocycles. The molecule has 1 heterocycles. The largest absolute Gasteiger partial charge is 0.477 e. The number of sulfone groups is 1. The van der Waals surface area contributed by atoms with Gasteiger partial charge in [-0.1, -0.05) is 6.92 Å². The van der Waals surface area contributed by atoms with Crippen molar-refractivity contribution in [1.82, 2.24) is 9.88 Å². The second-order valence-electron chi connectivity index (χ2n) is 4.70. The lowest BCUT2D eigenvalue weighted by Gasteiger charge is -2.24. The zero-order chi connectivity index (χ0) is 16.2. The van der Waals surface area contributed by atoms with Gasteiger partial charge in [0.05, 0.1) is 5.75 Å². The van der Waals surface area contributed by atoms with E-state index in [9.17, 15) is 18.0 Å². The molecule has 0 aliphatic heterocycles. The first kappa shape index (κ1) is 17.1. The van der Waals surface area contributed by atoms with Crippen molar-refractivity contribution in [2.45, 2.75) is 19.9 Å². The van der Waals surface area contributed by atoms with Gasteiger partial charge in [-0.25, -0.2) is 18.2 Å². The van der Waals surface area contributed by atoms with Gasteiger partial charge in [0.2, 0.25) is 0 Å². The van der Waals surface area contributed by atoms with Crippen LogP contribution in [0.4, 0.5) is 0 Å². The maximum absolute atomic E-state index is 12.2. The van der Waals surface area contributed by atoms with Crippen molar-refractivity contribution in [3.8, 4) is 0 Å². The number of hydrogen-bond donors (Lipinski definition) is 1. The normalized spacial score (nSPS) is 12.7. The highest BCUT2D eigenvalue weighted by Gasteiger charge is 2.23. The van der Waals surface area contributed by atoms with Crippen molar-refractivity contribution in [1.29, 1.82) is 0 Å². The fourth-order valence-corrected chi connectivity index (χ4v) is 2.88. The van der Waals surface area contributed by atoms with Crippen LogP contribution >= 0.6 is 0 Å². The monoisotopic (exact) mass is 314 g/mol. The SMILES string of the molecule is CCS(=O)(=O)CC(C)N(C)C(=O)c1ccnc(C(=O)O)c1. The maximum atomic E-state index is 12.2. The molecular weight excluding hydrogens is 296 g/mol. The van der Waals surface area contributed by atoms with Gasteiger partial charge in [0.15, 0.2) is 9.84 Å². The van der Waals surface area contributed by atoms with Crippen LogP contribution in [-0.4, -0.2) is 59.9 Å². The minimum atomic E-state index is -3.20. The van der Waals surface area contributed by atoms with Crippen molar-refractivity contribution >= 4 is 21.7 Å². The second kappa shape index (κ2) is 6.66. The summed E-state index contributed by atoms with van der Waals surface area (Å²) in [5.74, 6) is -1.80. The van der Waals surface area contributed by atoms with Crippen LogP contribution in [0.2, 0.25) is 0 Å². The topological polar surface area (TPSA) is 105 Å². The van der Waals surface area contributed by atoms with Gasteiger partial charge in [-0.15, -0.1) is 0 Å². The molecule has 0 aliphatic rings. The zero-order valence-electron chi connectivity index (χ0n) is 12.1. The third kappa shape index (κ3) is 4.52. The van der Waals surface area contributed by atoms with E-state index in [2.05, 4.69) is 4.98 Å². The van der Waals surface area contributed by atoms with Crippen molar-refractivity contribution in [2.75, 3.05) is 18.6 Å². The van der Waals surface area contributed by atoms with E-state index in [0.717, 1.165) is 0 Å². The van der Waals surface area contributed by atoms with Crippen LogP contribution in [0.3, 0.4) is 0 Å². The molecule has 0 radical (unpaired) electrons. The van der Waals surface area contributed by atoms with Crippen LogP contribution in [-0.2, 0) is 9.84 Å². The molecular formula is C13H18N2O5S. The van der Waals surface area contributed by atoms with Crippen molar-refractivity contribution in [3.05, 3.63) is 29.6 Å². The molecule has 0 bridgehead atoms. The summed E-state index contributed by atoms with van der Waals surface area (Å²) in [4.78, 5) is 28.0. The minimum Gasteiger partial charge on any atom is -0.477 e. The summed E-state index contributed by atoms with van der Waals surface area (Å²) in [7, 11) is -1.72. The van der Waals surface area contributed by atoms with E-state index >= 15 is 0 Å². The number of hydrogen-bond acceptors (Lipinski definition) is 5. The molecule has 7 nitrogen and oxygen atoms in total. The van der Waals surface area contributed by atoms with Crippen LogP contribution in [0, 0.1) is 0 Å². The molecule has 0 aromatic carbocycles. The standard InChI is InChI=1S/C13H18N2O5S/c1-4-21(19,20)8-9(2)15(3)12(16)10-5-6-14-11(7-10)13(17)18/h5-7,9H,4,8H2,1-3H3,(H,17,18). The molecule has 1 aromatic heterocycles. The highest BCUT2D eigenvalue weighted by molar-refractivity contribution is 7.91. The molecule has 21 heavy (non-hydrogen) atoms. The number of carboxylic acid groups (broad SMARTS) is 1. The number of amides is 1. The Balaban J connectivity index is 2.92.